The number of H-pyrrole nitrogens is 1. The fourth-order valence-electron chi connectivity index (χ4n) is 2.87. The van der Waals surface area contributed by atoms with Crippen LogP contribution in [0.3, 0.4) is 0 Å². The van der Waals surface area contributed by atoms with Gasteiger partial charge in [0.05, 0.1) is 5.56 Å². The largest absolute Gasteiger partial charge is 0.438 e. The summed E-state index contributed by atoms with van der Waals surface area (Å²) < 4.78 is 5.74. The summed E-state index contributed by atoms with van der Waals surface area (Å²) in [4.78, 5) is 31.6. The number of aryl methyl sites for hydroxylation is 1. The molecule has 0 radical (unpaired) electrons. The molecule has 3 aromatic heterocycles. The predicted octanol–water partition coefficient (Wildman–Crippen LogP) is 3.81. The molecule has 0 aliphatic carbocycles. The van der Waals surface area contributed by atoms with Gasteiger partial charge in [-0.25, -0.2) is 19.9 Å². The Bertz CT molecular complexity index is 1320. The second-order valence-electron chi connectivity index (χ2n) is 6.97. The number of rotatable bonds is 7. The Kier molecular flexibility index (Phi) is 6.53. The molecule has 0 saturated carbocycles. The molecular weight excluding hydrogens is 424 g/mol. The van der Waals surface area contributed by atoms with Crippen LogP contribution in [0.25, 0.3) is 0 Å². The molecule has 0 aliphatic heterocycles. The van der Waals surface area contributed by atoms with Crippen molar-refractivity contribution >= 4 is 11.8 Å². The lowest BCUT2D eigenvalue weighted by Crippen LogP contribution is -2.14. The average molecular weight is 443 g/mol. The number of nitrogens with one attached hydrogen (secondary N) is 1. The van der Waals surface area contributed by atoms with Crippen LogP contribution in [0.2, 0.25) is 0 Å². The van der Waals surface area contributed by atoms with Gasteiger partial charge in [-0.3, -0.25) is 4.79 Å². The first-order chi connectivity index (χ1) is 15.6. The third-order valence-electron chi connectivity index (χ3n) is 4.50. The van der Waals surface area contributed by atoms with E-state index in [9.17, 15) is 10.1 Å². The second kappa shape index (κ2) is 9.85. The van der Waals surface area contributed by atoms with Crippen molar-refractivity contribution in [1.29, 1.82) is 5.26 Å². The fourth-order valence-corrected chi connectivity index (χ4v) is 3.64. The highest BCUT2D eigenvalue weighted by Gasteiger charge is 2.09. The quantitative estimate of drug-likeness (QED) is 0.339. The molecule has 3 heterocycles. The second-order valence-corrected chi connectivity index (χ2v) is 7.94. The van der Waals surface area contributed by atoms with Crippen LogP contribution in [0.15, 0.2) is 71.4 Å². The SMILES string of the molecule is Cc1ccc(Oc2ccc(CSc3ncc(Cc4cncnc4)c(=O)[nH]3)cc2C#N)nc1. The summed E-state index contributed by atoms with van der Waals surface area (Å²) in [6.07, 6.45) is 8.48. The van der Waals surface area contributed by atoms with Crippen molar-refractivity contribution < 1.29 is 4.74 Å². The van der Waals surface area contributed by atoms with E-state index in [4.69, 9.17) is 4.74 Å². The van der Waals surface area contributed by atoms with Crippen molar-refractivity contribution in [3.05, 3.63) is 99.6 Å². The van der Waals surface area contributed by atoms with Gasteiger partial charge in [0.1, 0.15) is 18.1 Å². The van der Waals surface area contributed by atoms with Crippen LogP contribution >= 0.6 is 11.8 Å². The van der Waals surface area contributed by atoms with Gasteiger partial charge < -0.3 is 9.72 Å². The zero-order valence-corrected chi connectivity index (χ0v) is 18.0. The number of aromatic nitrogens is 5. The molecule has 0 aliphatic rings. The van der Waals surface area contributed by atoms with E-state index >= 15 is 0 Å². The standard InChI is InChI=1S/C23H18N6O2S/c1-15-2-5-21(27-9-15)31-20-4-3-16(6-18(20)8-24)13-32-23-28-12-19(22(30)29-23)7-17-10-25-14-26-11-17/h2-6,9-12,14H,7,13H2,1H3,(H,28,29,30). The fraction of sp³-hybridized carbons (Fsp3) is 0.130. The number of hydrogen-bond acceptors (Lipinski definition) is 8. The van der Waals surface area contributed by atoms with E-state index in [1.807, 2.05) is 19.1 Å². The van der Waals surface area contributed by atoms with Gasteiger partial charge in [-0.15, -0.1) is 0 Å². The van der Waals surface area contributed by atoms with Gasteiger partial charge in [0.25, 0.3) is 5.56 Å². The molecule has 8 nitrogen and oxygen atoms in total. The lowest BCUT2D eigenvalue weighted by molar-refractivity contribution is 0.461. The monoisotopic (exact) mass is 442 g/mol. The van der Waals surface area contributed by atoms with Crippen molar-refractivity contribution in [2.45, 2.75) is 24.3 Å². The summed E-state index contributed by atoms with van der Waals surface area (Å²) in [5.74, 6) is 1.41. The van der Waals surface area contributed by atoms with E-state index in [-0.39, 0.29) is 5.56 Å². The topological polar surface area (TPSA) is 117 Å². The molecule has 0 saturated heterocycles. The first-order valence-electron chi connectivity index (χ1n) is 9.69. The van der Waals surface area contributed by atoms with Gasteiger partial charge in [0.15, 0.2) is 5.16 Å². The van der Waals surface area contributed by atoms with Crippen LogP contribution in [0.1, 0.15) is 27.8 Å². The molecule has 0 unspecified atom stereocenters. The maximum Gasteiger partial charge on any atom is 0.255 e. The normalized spacial score (nSPS) is 10.5. The van der Waals surface area contributed by atoms with Crippen LogP contribution in [0, 0.1) is 18.3 Å². The first-order valence-corrected chi connectivity index (χ1v) is 10.7. The van der Waals surface area contributed by atoms with Crippen LogP contribution < -0.4 is 10.3 Å². The minimum atomic E-state index is -0.196. The summed E-state index contributed by atoms with van der Waals surface area (Å²) in [5.41, 5.74) is 3.53. The van der Waals surface area contributed by atoms with E-state index < -0.39 is 0 Å². The van der Waals surface area contributed by atoms with Gasteiger partial charge in [-0.1, -0.05) is 23.9 Å². The van der Waals surface area contributed by atoms with Crippen LogP contribution in [-0.4, -0.2) is 24.9 Å². The lowest BCUT2D eigenvalue weighted by atomic mass is 10.1. The van der Waals surface area contributed by atoms with E-state index in [2.05, 4.69) is 31.0 Å². The van der Waals surface area contributed by atoms with Crippen molar-refractivity contribution in [3.8, 4) is 17.7 Å². The smallest absolute Gasteiger partial charge is 0.255 e. The van der Waals surface area contributed by atoms with Crippen LogP contribution in [0.4, 0.5) is 0 Å². The molecule has 1 aromatic carbocycles. The third-order valence-corrected chi connectivity index (χ3v) is 5.46. The molecule has 0 fully saturated rings. The van der Waals surface area contributed by atoms with Gasteiger partial charge in [0.2, 0.25) is 5.88 Å². The first kappa shape index (κ1) is 21.2. The zero-order valence-electron chi connectivity index (χ0n) is 17.1. The molecular formula is C23H18N6O2S. The highest BCUT2D eigenvalue weighted by atomic mass is 32.2. The predicted molar refractivity (Wildman–Crippen MR) is 119 cm³/mol. The minimum absolute atomic E-state index is 0.196. The highest BCUT2D eigenvalue weighted by molar-refractivity contribution is 7.98. The molecule has 4 aromatic rings. The number of aromatic amines is 1. The lowest BCUT2D eigenvalue weighted by Gasteiger charge is -2.09. The number of thioether (sulfide) groups is 1. The number of nitriles is 1. The van der Waals surface area contributed by atoms with Gasteiger partial charge in [0, 0.05) is 48.6 Å². The number of ether oxygens (including phenoxy) is 1. The van der Waals surface area contributed by atoms with Crippen molar-refractivity contribution in [3.63, 3.8) is 0 Å². The number of hydrogen-bond donors (Lipinski definition) is 1. The van der Waals surface area contributed by atoms with Crippen molar-refractivity contribution in [2.75, 3.05) is 0 Å². The Morgan fingerprint density at radius 1 is 1.06 bits per heavy atom. The summed E-state index contributed by atoms with van der Waals surface area (Å²) in [5, 5.41) is 10.0. The van der Waals surface area contributed by atoms with Crippen molar-refractivity contribution in [2.24, 2.45) is 0 Å². The number of nitrogens with zero attached hydrogens (tertiary/aromatic N) is 5. The summed E-state index contributed by atoms with van der Waals surface area (Å²) in [6, 6.07) is 11.2. The van der Waals surface area contributed by atoms with Crippen molar-refractivity contribution in [1.82, 2.24) is 24.9 Å². The highest BCUT2D eigenvalue weighted by Crippen LogP contribution is 2.27. The molecule has 9 heteroatoms. The maximum absolute atomic E-state index is 12.4. The van der Waals surface area contributed by atoms with Crippen LogP contribution in [-0.2, 0) is 12.2 Å². The summed E-state index contributed by atoms with van der Waals surface area (Å²) in [7, 11) is 0. The van der Waals surface area contributed by atoms with E-state index in [0.29, 0.717) is 40.1 Å². The van der Waals surface area contributed by atoms with Gasteiger partial charge >= 0.3 is 0 Å². The molecule has 0 bridgehead atoms. The Morgan fingerprint density at radius 2 is 1.91 bits per heavy atom. The Morgan fingerprint density at radius 3 is 2.62 bits per heavy atom. The summed E-state index contributed by atoms with van der Waals surface area (Å²) in [6.45, 7) is 1.94. The minimum Gasteiger partial charge on any atom is -0.438 e. The molecule has 0 spiro atoms. The van der Waals surface area contributed by atoms with Gasteiger partial charge in [-0.05, 0) is 35.7 Å². The van der Waals surface area contributed by atoms with E-state index in [1.165, 1.54) is 18.1 Å². The molecule has 4 rings (SSSR count). The third kappa shape index (κ3) is 5.36. The average Bonchev–Trinajstić information content (AvgIpc) is 2.82. The summed E-state index contributed by atoms with van der Waals surface area (Å²) >= 11 is 1.38. The maximum atomic E-state index is 12.4. The van der Waals surface area contributed by atoms with E-state index in [0.717, 1.165) is 16.7 Å². The molecule has 0 atom stereocenters. The molecule has 1 N–H and O–H groups in total. The number of pyridine rings is 1. The molecule has 0 amide bonds. The Labute approximate surface area is 188 Å². The Hall–Kier alpha value is -4.03. The van der Waals surface area contributed by atoms with E-state index in [1.54, 1.807) is 43.0 Å². The Balaban J connectivity index is 1.42. The molecule has 158 valence electrons. The van der Waals surface area contributed by atoms with Gasteiger partial charge in [-0.2, -0.15) is 5.26 Å². The van der Waals surface area contributed by atoms with Crippen LogP contribution in [0.5, 0.6) is 11.6 Å². The molecule has 32 heavy (non-hydrogen) atoms. The zero-order chi connectivity index (χ0) is 22.3. The number of benzene rings is 1.